The van der Waals surface area contributed by atoms with E-state index in [0.29, 0.717) is 23.9 Å². The Balaban J connectivity index is 1.81. The molecular formula is C18H19N3O2S. The Hall–Kier alpha value is -2.47. The number of rotatable bonds is 5. The third-order valence-electron chi connectivity index (χ3n) is 3.84. The zero-order valence-electron chi connectivity index (χ0n) is 13.9. The number of aromatic nitrogens is 2. The lowest BCUT2D eigenvalue weighted by atomic mass is 9.90. The first-order valence-electron chi connectivity index (χ1n) is 7.79. The average molecular weight is 341 g/mol. The Labute approximate surface area is 144 Å². The van der Waals surface area contributed by atoms with E-state index in [0.717, 1.165) is 10.4 Å². The molecule has 5 nitrogen and oxygen atoms in total. The molecule has 1 amide bonds. The van der Waals surface area contributed by atoms with E-state index in [2.05, 4.69) is 15.5 Å². The third-order valence-corrected chi connectivity index (χ3v) is 5.04. The number of benzene rings is 1. The van der Waals surface area contributed by atoms with Gasteiger partial charge in [-0.1, -0.05) is 19.1 Å². The zero-order valence-corrected chi connectivity index (χ0v) is 14.7. The lowest BCUT2D eigenvalue weighted by Crippen LogP contribution is -2.33. The molecule has 0 saturated carbocycles. The molecular weight excluding hydrogens is 322 g/mol. The second kappa shape index (κ2) is 6.57. The number of aryl methyl sites for hydroxylation is 1. The number of carbonyl (C=O) groups is 1. The van der Waals surface area contributed by atoms with Gasteiger partial charge in [-0.25, -0.2) is 0 Å². The van der Waals surface area contributed by atoms with Gasteiger partial charge in [0.2, 0.25) is 17.7 Å². The molecule has 3 aromatic rings. The van der Waals surface area contributed by atoms with Gasteiger partial charge >= 0.3 is 0 Å². The number of hydrogen-bond donors (Lipinski definition) is 1. The summed E-state index contributed by atoms with van der Waals surface area (Å²) in [5.74, 6) is 1.00. The van der Waals surface area contributed by atoms with Crippen LogP contribution in [0.1, 0.15) is 31.5 Å². The number of amides is 1. The lowest BCUT2D eigenvalue weighted by molar-refractivity contribution is -0.120. The number of thiophene rings is 1. The fraction of sp³-hybridized carbons (Fsp3) is 0.278. The molecule has 0 spiro atoms. The van der Waals surface area contributed by atoms with Crippen LogP contribution in [0.4, 0.5) is 5.69 Å². The first kappa shape index (κ1) is 16.4. The summed E-state index contributed by atoms with van der Waals surface area (Å²) in [5, 5.41) is 13.0. The zero-order chi connectivity index (χ0) is 17.2. The number of anilines is 1. The molecule has 0 atom stereocenters. The van der Waals surface area contributed by atoms with Crippen molar-refractivity contribution >= 4 is 22.9 Å². The van der Waals surface area contributed by atoms with Gasteiger partial charge in [0.1, 0.15) is 0 Å². The van der Waals surface area contributed by atoms with Crippen LogP contribution in [0.2, 0.25) is 0 Å². The monoisotopic (exact) mass is 341 g/mol. The Morgan fingerprint density at radius 3 is 2.75 bits per heavy atom. The number of hydrogen-bond acceptors (Lipinski definition) is 5. The van der Waals surface area contributed by atoms with E-state index in [1.807, 2.05) is 62.5 Å². The molecule has 0 radical (unpaired) electrons. The highest BCUT2D eigenvalue weighted by Gasteiger charge is 2.30. The molecule has 0 aliphatic heterocycles. The van der Waals surface area contributed by atoms with E-state index in [4.69, 9.17) is 4.42 Å². The van der Waals surface area contributed by atoms with Crippen LogP contribution >= 0.6 is 11.3 Å². The standard InChI is InChI=1S/C18H19N3O2S/c1-4-15-20-21-16(23-15)12-7-5-8-13(11-12)19-17(22)18(2,3)14-9-6-10-24-14/h5-11H,4H2,1-3H3,(H,19,22). The Kier molecular flexibility index (Phi) is 4.49. The van der Waals surface area contributed by atoms with E-state index >= 15 is 0 Å². The Morgan fingerprint density at radius 1 is 1.25 bits per heavy atom. The topological polar surface area (TPSA) is 68.0 Å². The Morgan fingerprint density at radius 2 is 2.08 bits per heavy atom. The highest BCUT2D eigenvalue weighted by atomic mass is 32.1. The molecule has 0 aliphatic carbocycles. The number of nitrogens with zero attached hydrogens (tertiary/aromatic N) is 2. The van der Waals surface area contributed by atoms with Crippen molar-refractivity contribution in [3.05, 3.63) is 52.5 Å². The highest BCUT2D eigenvalue weighted by Crippen LogP contribution is 2.29. The van der Waals surface area contributed by atoms with Crippen molar-refractivity contribution in [3.63, 3.8) is 0 Å². The molecule has 2 heterocycles. The third kappa shape index (κ3) is 3.23. The van der Waals surface area contributed by atoms with Crippen molar-refractivity contribution in [2.75, 3.05) is 5.32 Å². The van der Waals surface area contributed by atoms with Crippen LogP contribution in [-0.2, 0) is 16.6 Å². The van der Waals surface area contributed by atoms with E-state index in [-0.39, 0.29) is 5.91 Å². The normalized spacial score (nSPS) is 11.5. The van der Waals surface area contributed by atoms with Gasteiger partial charge in [-0.15, -0.1) is 21.5 Å². The summed E-state index contributed by atoms with van der Waals surface area (Å²) in [6, 6.07) is 11.4. The molecule has 2 aromatic heterocycles. The van der Waals surface area contributed by atoms with Crippen molar-refractivity contribution < 1.29 is 9.21 Å². The second-order valence-corrected chi connectivity index (χ2v) is 6.94. The molecule has 0 unspecified atom stereocenters. The summed E-state index contributed by atoms with van der Waals surface area (Å²) < 4.78 is 5.57. The maximum Gasteiger partial charge on any atom is 0.247 e. The summed E-state index contributed by atoms with van der Waals surface area (Å²) in [6.07, 6.45) is 0.693. The van der Waals surface area contributed by atoms with Gasteiger partial charge < -0.3 is 9.73 Å². The van der Waals surface area contributed by atoms with Gasteiger partial charge in [-0.3, -0.25) is 4.79 Å². The number of carbonyl (C=O) groups excluding carboxylic acids is 1. The van der Waals surface area contributed by atoms with Crippen molar-refractivity contribution in [3.8, 4) is 11.5 Å². The van der Waals surface area contributed by atoms with E-state index in [9.17, 15) is 4.79 Å². The van der Waals surface area contributed by atoms with Gasteiger partial charge in [0, 0.05) is 22.5 Å². The molecule has 0 aliphatic rings. The van der Waals surface area contributed by atoms with Gasteiger partial charge in [0.15, 0.2) is 0 Å². The summed E-state index contributed by atoms with van der Waals surface area (Å²) in [4.78, 5) is 13.7. The van der Waals surface area contributed by atoms with E-state index in [1.165, 1.54) is 0 Å². The lowest BCUT2D eigenvalue weighted by Gasteiger charge is -2.22. The second-order valence-electron chi connectivity index (χ2n) is 5.99. The Bertz CT molecular complexity index is 838. The summed E-state index contributed by atoms with van der Waals surface area (Å²) in [7, 11) is 0. The fourth-order valence-corrected chi connectivity index (χ4v) is 3.12. The van der Waals surface area contributed by atoms with Crippen LogP contribution in [0.15, 0.2) is 46.2 Å². The van der Waals surface area contributed by atoms with Crippen LogP contribution in [0, 0.1) is 0 Å². The SMILES string of the molecule is CCc1nnc(-c2cccc(NC(=O)C(C)(C)c3cccs3)c2)o1. The van der Waals surface area contributed by atoms with Crippen molar-refractivity contribution in [1.82, 2.24) is 10.2 Å². The number of nitrogens with one attached hydrogen (secondary N) is 1. The minimum absolute atomic E-state index is 0.0538. The quantitative estimate of drug-likeness (QED) is 0.752. The van der Waals surface area contributed by atoms with Crippen LogP contribution < -0.4 is 5.32 Å². The fourth-order valence-electron chi connectivity index (χ4n) is 2.28. The largest absolute Gasteiger partial charge is 0.421 e. The highest BCUT2D eigenvalue weighted by molar-refractivity contribution is 7.10. The van der Waals surface area contributed by atoms with Gasteiger partial charge in [0.25, 0.3) is 0 Å². The van der Waals surface area contributed by atoms with Gasteiger partial charge in [-0.05, 0) is 43.5 Å². The van der Waals surface area contributed by atoms with Crippen LogP contribution in [-0.4, -0.2) is 16.1 Å². The molecule has 6 heteroatoms. The van der Waals surface area contributed by atoms with Gasteiger partial charge in [0.05, 0.1) is 5.41 Å². The molecule has 124 valence electrons. The summed E-state index contributed by atoms with van der Waals surface area (Å²) in [6.45, 7) is 5.80. The first-order chi connectivity index (χ1) is 11.5. The molecule has 0 bridgehead atoms. The predicted molar refractivity (Wildman–Crippen MR) is 95.1 cm³/mol. The molecule has 0 saturated heterocycles. The predicted octanol–water partition coefficient (Wildman–Crippen LogP) is 4.28. The van der Waals surface area contributed by atoms with Crippen LogP contribution in [0.5, 0.6) is 0 Å². The van der Waals surface area contributed by atoms with E-state index < -0.39 is 5.41 Å². The molecule has 3 rings (SSSR count). The summed E-state index contributed by atoms with van der Waals surface area (Å²) in [5.41, 5.74) is 0.900. The average Bonchev–Trinajstić information content (AvgIpc) is 3.27. The maximum atomic E-state index is 12.7. The summed E-state index contributed by atoms with van der Waals surface area (Å²) >= 11 is 1.58. The van der Waals surface area contributed by atoms with Crippen LogP contribution in [0.3, 0.4) is 0 Å². The smallest absolute Gasteiger partial charge is 0.247 e. The molecule has 1 aromatic carbocycles. The van der Waals surface area contributed by atoms with Crippen LogP contribution in [0.25, 0.3) is 11.5 Å². The molecule has 0 fully saturated rings. The molecule has 1 N–H and O–H groups in total. The van der Waals surface area contributed by atoms with Crippen molar-refractivity contribution in [2.45, 2.75) is 32.6 Å². The van der Waals surface area contributed by atoms with E-state index in [1.54, 1.807) is 11.3 Å². The van der Waals surface area contributed by atoms with Gasteiger partial charge in [-0.2, -0.15) is 0 Å². The molecule has 24 heavy (non-hydrogen) atoms. The first-order valence-corrected chi connectivity index (χ1v) is 8.67. The van der Waals surface area contributed by atoms with Crippen molar-refractivity contribution in [1.29, 1.82) is 0 Å². The maximum absolute atomic E-state index is 12.7. The van der Waals surface area contributed by atoms with Crippen molar-refractivity contribution in [2.24, 2.45) is 0 Å². The minimum atomic E-state index is -0.593. The minimum Gasteiger partial charge on any atom is -0.421 e.